The van der Waals surface area contributed by atoms with Crippen LogP contribution in [0.4, 0.5) is 10.5 Å². The van der Waals surface area contributed by atoms with E-state index in [0.29, 0.717) is 23.9 Å². The van der Waals surface area contributed by atoms with Crippen molar-refractivity contribution in [3.63, 3.8) is 0 Å². The highest BCUT2D eigenvalue weighted by atomic mass is 79.9. The van der Waals surface area contributed by atoms with Crippen LogP contribution in [0.1, 0.15) is 5.56 Å². The lowest BCUT2D eigenvalue weighted by atomic mass is 10.2. The lowest BCUT2D eigenvalue weighted by molar-refractivity contribution is 0.247. The fraction of sp³-hybridized carbons (Fsp3) is 0.188. The van der Waals surface area contributed by atoms with Crippen LogP contribution in [-0.2, 0) is 0 Å². The van der Waals surface area contributed by atoms with Gasteiger partial charge < -0.3 is 15.4 Å². The Hall–Kier alpha value is -1.72. The molecule has 0 aromatic heterocycles. The molecule has 2 aromatic carbocycles. The Bertz CT molecular complexity index is 664. The fourth-order valence-corrected chi connectivity index (χ4v) is 2.34. The summed E-state index contributed by atoms with van der Waals surface area (Å²) in [6.45, 7) is 2.69. The molecular weight excluding hydrogens is 368 g/mol. The van der Waals surface area contributed by atoms with E-state index >= 15 is 0 Å². The Morgan fingerprint density at radius 2 is 2.09 bits per heavy atom. The van der Waals surface area contributed by atoms with Crippen LogP contribution in [0.25, 0.3) is 0 Å². The third-order valence-electron chi connectivity index (χ3n) is 2.90. The molecule has 0 bridgehead atoms. The van der Waals surface area contributed by atoms with Crippen molar-refractivity contribution in [1.82, 2.24) is 5.32 Å². The van der Waals surface area contributed by atoms with E-state index in [-0.39, 0.29) is 6.03 Å². The average Bonchev–Trinajstić information content (AvgIpc) is 2.48. The number of benzene rings is 2. The number of aryl methyl sites for hydroxylation is 1. The number of carbonyl (C=O) groups excluding carboxylic acids is 1. The van der Waals surface area contributed by atoms with E-state index in [0.717, 1.165) is 15.8 Å². The number of nitrogens with one attached hydrogen (secondary N) is 2. The van der Waals surface area contributed by atoms with Crippen LogP contribution < -0.4 is 15.4 Å². The van der Waals surface area contributed by atoms with Gasteiger partial charge in [-0.3, -0.25) is 0 Å². The summed E-state index contributed by atoms with van der Waals surface area (Å²) >= 11 is 9.29. The molecule has 0 radical (unpaired) electrons. The first-order valence-electron chi connectivity index (χ1n) is 6.74. The number of hydrogen-bond donors (Lipinski definition) is 2. The third kappa shape index (κ3) is 5.24. The standard InChI is InChI=1S/C16H16BrClN2O2/c1-11-5-6-13(18)10-15(11)20-16(21)19-7-8-22-14-4-2-3-12(17)9-14/h2-6,9-10H,7-8H2,1H3,(H2,19,20,21). The maximum atomic E-state index is 11.8. The predicted octanol–water partition coefficient (Wildman–Crippen LogP) is 4.61. The number of ether oxygens (including phenoxy) is 1. The molecular formula is C16H16BrClN2O2. The van der Waals surface area contributed by atoms with Crippen molar-refractivity contribution in [3.8, 4) is 5.75 Å². The zero-order valence-electron chi connectivity index (χ0n) is 12.0. The smallest absolute Gasteiger partial charge is 0.319 e. The van der Waals surface area contributed by atoms with E-state index in [9.17, 15) is 4.79 Å². The molecule has 2 rings (SSSR count). The molecule has 2 amide bonds. The second-order valence-electron chi connectivity index (χ2n) is 4.65. The lowest BCUT2D eigenvalue weighted by Gasteiger charge is -2.11. The Kier molecular flexibility index (Phi) is 6.10. The minimum absolute atomic E-state index is 0.289. The number of rotatable bonds is 5. The maximum absolute atomic E-state index is 11.8. The molecule has 0 saturated heterocycles. The molecule has 0 heterocycles. The molecule has 0 saturated carbocycles. The highest BCUT2D eigenvalue weighted by Crippen LogP contribution is 2.20. The average molecular weight is 384 g/mol. The monoisotopic (exact) mass is 382 g/mol. The molecule has 2 N–H and O–H groups in total. The van der Waals surface area contributed by atoms with Crippen molar-refractivity contribution in [1.29, 1.82) is 0 Å². The van der Waals surface area contributed by atoms with Gasteiger partial charge in [-0.05, 0) is 42.8 Å². The molecule has 0 unspecified atom stereocenters. The summed E-state index contributed by atoms with van der Waals surface area (Å²) in [7, 11) is 0. The molecule has 4 nitrogen and oxygen atoms in total. The molecule has 0 fully saturated rings. The fourth-order valence-electron chi connectivity index (χ4n) is 1.79. The molecule has 22 heavy (non-hydrogen) atoms. The van der Waals surface area contributed by atoms with Crippen LogP contribution >= 0.6 is 27.5 Å². The van der Waals surface area contributed by atoms with E-state index in [4.69, 9.17) is 16.3 Å². The SMILES string of the molecule is Cc1ccc(Cl)cc1NC(=O)NCCOc1cccc(Br)c1. The number of carbonyl (C=O) groups is 1. The van der Waals surface area contributed by atoms with Gasteiger partial charge in [0.05, 0.1) is 6.54 Å². The highest BCUT2D eigenvalue weighted by Gasteiger charge is 2.04. The summed E-state index contributed by atoms with van der Waals surface area (Å²) in [5, 5.41) is 6.08. The zero-order valence-corrected chi connectivity index (χ0v) is 14.4. The predicted molar refractivity (Wildman–Crippen MR) is 92.8 cm³/mol. The largest absolute Gasteiger partial charge is 0.492 e. The summed E-state index contributed by atoms with van der Waals surface area (Å²) < 4.78 is 6.49. The van der Waals surface area contributed by atoms with Gasteiger partial charge >= 0.3 is 6.03 Å². The van der Waals surface area contributed by atoms with Gasteiger partial charge in [-0.1, -0.05) is 39.7 Å². The first-order valence-corrected chi connectivity index (χ1v) is 7.91. The van der Waals surface area contributed by atoms with Crippen LogP contribution in [0.15, 0.2) is 46.9 Å². The number of hydrogen-bond acceptors (Lipinski definition) is 2. The van der Waals surface area contributed by atoms with Crippen molar-refractivity contribution in [2.75, 3.05) is 18.5 Å². The highest BCUT2D eigenvalue weighted by molar-refractivity contribution is 9.10. The number of urea groups is 1. The third-order valence-corrected chi connectivity index (χ3v) is 3.63. The topological polar surface area (TPSA) is 50.4 Å². The van der Waals surface area contributed by atoms with E-state index in [1.807, 2.05) is 37.3 Å². The summed E-state index contributed by atoms with van der Waals surface area (Å²) in [5.74, 6) is 0.752. The van der Waals surface area contributed by atoms with Crippen LogP contribution in [0.2, 0.25) is 5.02 Å². The first-order chi connectivity index (χ1) is 10.5. The number of halogens is 2. The van der Waals surface area contributed by atoms with Gasteiger partial charge in [0.15, 0.2) is 0 Å². The molecule has 0 atom stereocenters. The normalized spacial score (nSPS) is 10.1. The second kappa shape index (κ2) is 8.06. The Balaban J connectivity index is 1.75. The Morgan fingerprint density at radius 1 is 1.27 bits per heavy atom. The van der Waals surface area contributed by atoms with E-state index in [2.05, 4.69) is 26.6 Å². The van der Waals surface area contributed by atoms with E-state index in [1.165, 1.54) is 0 Å². The number of amides is 2. The molecule has 2 aromatic rings. The van der Waals surface area contributed by atoms with E-state index < -0.39 is 0 Å². The maximum Gasteiger partial charge on any atom is 0.319 e. The molecule has 6 heteroatoms. The summed E-state index contributed by atoms with van der Waals surface area (Å²) in [6, 6.07) is 12.6. The van der Waals surface area contributed by atoms with Crippen LogP contribution in [0.3, 0.4) is 0 Å². The molecule has 0 spiro atoms. The van der Waals surface area contributed by atoms with Gasteiger partial charge in [-0.2, -0.15) is 0 Å². The van der Waals surface area contributed by atoms with Crippen molar-refractivity contribution >= 4 is 39.2 Å². The van der Waals surface area contributed by atoms with Crippen LogP contribution in [0, 0.1) is 6.92 Å². The van der Waals surface area contributed by atoms with Crippen LogP contribution in [0.5, 0.6) is 5.75 Å². The lowest BCUT2D eigenvalue weighted by Crippen LogP contribution is -2.32. The second-order valence-corrected chi connectivity index (χ2v) is 6.00. The van der Waals surface area contributed by atoms with Crippen molar-refractivity contribution in [2.24, 2.45) is 0 Å². The molecule has 116 valence electrons. The molecule has 0 aliphatic heterocycles. The number of anilines is 1. The molecule has 0 aliphatic rings. The Morgan fingerprint density at radius 3 is 2.86 bits per heavy atom. The zero-order chi connectivity index (χ0) is 15.9. The minimum Gasteiger partial charge on any atom is -0.492 e. The van der Waals surface area contributed by atoms with Crippen molar-refractivity contribution in [3.05, 3.63) is 57.5 Å². The van der Waals surface area contributed by atoms with E-state index in [1.54, 1.807) is 12.1 Å². The van der Waals surface area contributed by atoms with Gasteiger partial charge in [-0.25, -0.2) is 4.79 Å². The van der Waals surface area contributed by atoms with Crippen molar-refractivity contribution in [2.45, 2.75) is 6.92 Å². The van der Waals surface area contributed by atoms with Gasteiger partial charge in [0, 0.05) is 15.2 Å². The summed E-state index contributed by atoms with van der Waals surface area (Å²) in [4.78, 5) is 11.8. The molecule has 0 aliphatic carbocycles. The summed E-state index contributed by atoms with van der Waals surface area (Å²) in [5.41, 5.74) is 1.64. The quantitative estimate of drug-likeness (QED) is 0.741. The summed E-state index contributed by atoms with van der Waals surface area (Å²) in [6.07, 6.45) is 0. The van der Waals surface area contributed by atoms with Gasteiger partial charge in [0.2, 0.25) is 0 Å². The Labute approximate surface area is 142 Å². The minimum atomic E-state index is -0.289. The van der Waals surface area contributed by atoms with Crippen LogP contribution in [-0.4, -0.2) is 19.2 Å². The van der Waals surface area contributed by atoms with Gasteiger partial charge in [0.1, 0.15) is 12.4 Å². The van der Waals surface area contributed by atoms with Gasteiger partial charge in [-0.15, -0.1) is 0 Å². The van der Waals surface area contributed by atoms with Gasteiger partial charge in [0.25, 0.3) is 0 Å². The van der Waals surface area contributed by atoms with Crippen molar-refractivity contribution < 1.29 is 9.53 Å². The first kappa shape index (κ1) is 16.6.